The molecular formula is C20H29O2+. The Morgan fingerprint density at radius 1 is 0.727 bits per heavy atom. The summed E-state index contributed by atoms with van der Waals surface area (Å²) in [6.45, 7) is 3.75. The summed E-state index contributed by atoms with van der Waals surface area (Å²) in [7, 11) is 0. The highest BCUT2D eigenvalue weighted by Gasteiger charge is 1.92. The molecule has 0 unspecified atom stereocenters. The van der Waals surface area contributed by atoms with Crippen molar-refractivity contribution >= 4 is 5.97 Å². The third-order valence-corrected chi connectivity index (χ3v) is 2.85. The van der Waals surface area contributed by atoms with Crippen molar-refractivity contribution in [2.24, 2.45) is 0 Å². The molecule has 0 rings (SSSR count). The van der Waals surface area contributed by atoms with E-state index in [0.29, 0.717) is 0 Å². The molecule has 0 fully saturated rings. The molecule has 0 amide bonds. The number of carboxylic acids is 1. The maximum atomic E-state index is 10.3. The van der Waals surface area contributed by atoms with E-state index in [0.717, 1.165) is 44.9 Å². The minimum atomic E-state index is -0.718. The van der Waals surface area contributed by atoms with Crippen LogP contribution in [0.1, 0.15) is 51.4 Å². The van der Waals surface area contributed by atoms with E-state index in [1.807, 2.05) is 0 Å². The molecular weight excluding hydrogens is 272 g/mol. The number of hydrogen-bond donors (Lipinski definition) is 1. The minimum absolute atomic E-state index is 0.255. The molecule has 2 nitrogen and oxygen atoms in total. The van der Waals surface area contributed by atoms with E-state index in [9.17, 15) is 4.79 Å². The van der Waals surface area contributed by atoms with Gasteiger partial charge in [-0.25, -0.2) is 0 Å². The predicted molar refractivity (Wildman–Crippen MR) is 95.6 cm³/mol. The molecule has 0 atom stereocenters. The maximum Gasteiger partial charge on any atom is 0.303 e. The first-order valence-electron chi connectivity index (χ1n) is 8.03. The first-order valence-corrected chi connectivity index (χ1v) is 8.03. The average molecular weight is 301 g/mol. The lowest BCUT2D eigenvalue weighted by Crippen LogP contribution is -1.92. The summed E-state index contributed by atoms with van der Waals surface area (Å²) < 4.78 is 0. The third-order valence-electron chi connectivity index (χ3n) is 2.85. The monoisotopic (exact) mass is 301 g/mol. The molecule has 0 aromatic carbocycles. The Hall–Kier alpha value is -1.96. The highest BCUT2D eigenvalue weighted by atomic mass is 16.4. The van der Waals surface area contributed by atoms with E-state index < -0.39 is 5.97 Å². The van der Waals surface area contributed by atoms with E-state index in [1.54, 1.807) is 0 Å². The van der Waals surface area contributed by atoms with E-state index in [1.165, 1.54) is 0 Å². The molecule has 0 radical (unpaired) electrons. The lowest BCUT2D eigenvalue weighted by molar-refractivity contribution is -0.137. The van der Waals surface area contributed by atoms with Crippen LogP contribution in [0.25, 0.3) is 0 Å². The average Bonchev–Trinajstić information content (AvgIpc) is 2.50. The van der Waals surface area contributed by atoms with Crippen molar-refractivity contribution in [3.63, 3.8) is 0 Å². The van der Waals surface area contributed by atoms with Crippen LogP contribution >= 0.6 is 0 Å². The SMILES string of the molecule is [CH2+]C/C=C\C/C=C\C/C=C\C/C=C\C/C=C\CCCC(=O)O. The number of rotatable bonds is 13. The smallest absolute Gasteiger partial charge is 0.303 e. The molecule has 0 aromatic rings. The van der Waals surface area contributed by atoms with Gasteiger partial charge < -0.3 is 5.11 Å². The fourth-order valence-corrected chi connectivity index (χ4v) is 1.69. The summed E-state index contributed by atoms with van der Waals surface area (Å²) in [6, 6.07) is 0. The van der Waals surface area contributed by atoms with Crippen molar-refractivity contribution in [3.05, 3.63) is 67.7 Å². The van der Waals surface area contributed by atoms with Crippen molar-refractivity contribution in [2.45, 2.75) is 51.4 Å². The summed E-state index contributed by atoms with van der Waals surface area (Å²) in [5.74, 6) is -0.718. The Kier molecular flexibility index (Phi) is 15.6. The van der Waals surface area contributed by atoms with Gasteiger partial charge in [-0.15, -0.1) is 0 Å². The van der Waals surface area contributed by atoms with Crippen molar-refractivity contribution in [1.82, 2.24) is 0 Å². The summed E-state index contributed by atoms with van der Waals surface area (Å²) >= 11 is 0. The van der Waals surface area contributed by atoms with Gasteiger partial charge in [-0.3, -0.25) is 4.79 Å². The number of carboxylic acid groups (broad SMARTS) is 1. The van der Waals surface area contributed by atoms with Crippen molar-refractivity contribution < 1.29 is 9.90 Å². The zero-order valence-electron chi connectivity index (χ0n) is 13.5. The molecule has 0 aliphatic carbocycles. The van der Waals surface area contributed by atoms with Gasteiger partial charge in [0.1, 0.15) is 6.42 Å². The topological polar surface area (TPSA) is 37.3 Å². The largest absolute Gasteiger partial charge is 0.481 e. The lowest BCUT2D eigenvalue weighted by atomic mass is 10.2. The van der Waals surface area contributed by atoms with Gasteiger partial charge >= 0.3 is 5.97 Å². The van der Waals surface area contributed by atoms with Gasteiger partial charge in [0.2, 0.25) is 0 Å². The Morgan fingerprint density at radius 2 is 1.14 bits per heavy atom. The van der Waals surface area contributed by atoms with Crippen LogP contribution in [0.5, 0.6) is 0 Å². The fourth-order valence-electron chi connectivity index (χ4n) is 1.69. The highest BCUT2D eigenvalue weighted by Crippen LogP contribution is 1.99. The van der Waals surface area contributed by atoms with Gasteiger partial charge in [0.25, 0.3) is 0 Å². The quantitative estimate of drug-likeness (QED) is 0.265. The molecule has 0 heterocycles. The maximum absolute atomic E-state index is 10.3. The van der Waals surface area contributed by atoms with Crippen molar-refractivity contribution in [3.8, 4) is 0 Å². The Bertz CT molecular complexity index is 398. The van der Waals surface area contributed by atoms with Crippen molar-refractivity contribution in [1.29, 1.82) is 0 Å². The molecule has 0 aliphatic rings. The summed E-state index contributed by atoms with van der Waals surface area (Å²) in [5, 5.41) is 8.49. The van der Waals surface area contributed by atoms with Crippen LogP contribution in [-0.2, 0) is 4.79 Å². The molecule has 22 heavy (non-hydrogen) atoms. The van der Waals surface area contributed by atoms with Gasteiger partial charge in [0.15, 0.2) is 0 Å². The standard InChI is InChI=1S/C20H28O2/c1-2-3-4-5-6-7-8-9-10-11-12-13-14-15-16-17-18-19-20(21)22/h3-4,6-7,9-10,12-13,15-16H,1-2,5,8,11,14,17-19H2/p+1/b4-3-,7-6-,10-9-,13-12-,16-15-. The fraction of sp³-hybridized carbons (Fsp3) is 0.400. The van der Waals surface area contributed by atoms with Crippen LogP contribution in [0.3, 0.4) is 0 Å². The number of aliphatic carboxylic acids is 1. The molecule has 0 aromatic heterocycles. The van der Waals surface area contributed by atoms with Crippen LogP contribution in [0.2, 0.25) is 0 Å². The highest BCUT2D eigenvalue weighted by molar-refractivity contribution is 5.66. The summed E-state index contributed by atoms with van der Waals surface area (Å²) in [5.41, 5.74) is 0. The molecule has 0 saturated carbocycles. The Morgan fingerprint density at radius 3 is 1.55 bits per heavy atom. The number of unbranched alkanes of at least 4 members (excludes halogenated alkanes) is 1. The zero-order chi connectivity index (χ0) is 16.3. The van der Waals surface area contributed by atoms with Crippen molar-refractivity contribution in [2.75, 3.05) is 0 Å². The number of allylic oxidation sites excluding steroid dienone is 10. The van der Waals surface area contributed by atoms with E-state index in [-0.39, 0.29) is 6.42 Å². The zero-order valence-corrected chi connectivity index (χ0v) is 13.5. The second-order valence-electron chi connectivity index (χ2n) is 4.87. The normalized spacial score (nSPS) is 12.7. The Labute approximate surface area is 135 Å². The van der Waals surface area contributed by atoms with Gasteiger partial charge in [0, 0.05) is 6.42 Å². The minimum Gasteiger partial charge on any atom is -0.481 e. The molecule has 120 valence electrons. The predicted octanol–water partition coefficient (Wildman–Crippen LogP) is 5.81. The van der Waals surface area contributed by atoms with Gasteiger partial charge in [-0.1, -0.05) is 54.7 Å². The third kappa shape index (κ3) is 18.0. The van der Waals surface area contributed by atoms with Crippen LogP contribution in [0, 0.1) is 6.92 Å². The van der Waals surface area contributed by atoms with Crippen LogP contribution in [0.15, 0.2) is 60.8 Å². The molecule has 1 N–H and O–H groups in total. The van der Waals surface area contributed by atoms with E-state index in [2.05, 4.69) is 67.7 Å². The molecule has 0 aliphatic heterocycles. The summed E-state index contributed by atoms with van der Waals surface area (Å²) in [6.07, 6.45) is 27.8. The molecule has 2 heteroatoms. The number of carbonyl (C=O) groups is 1. The second-order valence-corrected chi connectivity index (χ2v) is 4.87. The molecule has 0 spiro atoms. The van der Waals surface area contributed by atoms with E-state index >= 15 is 0 Å². The molecule has 0 saturated heterocycles. The molecule has 0 bridgehead atoms. The first kappa shape index (κ1) is 20.0. The van der Waals surface area contributed by atoms with Gasteiger partial charge in [-0.05, 0) is 44.6 Å². The van der Waals surface area contributed by atoms with Crippen LogP contribution in [-0.4, -0.2) is 11.1 Å². The lowest BCUT2D eigenvalue weighted by Gasteiger charge is -1.89. The summed E-state index contributed by atoms with van der Waals surface area (Å²) in [4.78, 5) is 10.3. The second kappa shape index (κ2) is 17.1. The van der Waals surface area contributed by atoms with Crippen LogP contribution in [0.4, 0.5) is 0 Å². The van der Waals surface area contributed by atoms with E-state index in [4.69, 9.17) is 5.11 Å². The van der Waals surface area contributed by atoms with Gasteiger partial charge in [0.05, 0.1) is 6.92 Å². The first-order chi connectivity index (χ1) is 10.8. The Balaban J connectivity index is 3.46. The van der Waals surface area contributed by atoms with Crippen LogP contribution < -0.4 is 0 Å². The van der Waals surface area contributed by atoms with Gasteiger partial charge in [-0.2, -0.15) is 0 Å². The number of hydrogen-bond acceptors (Lipinski definition) is 1.